The van der Waals surface area contributed by atoms with Gasteiger partial charge in [0.25, 0.3) is 0 Å². The van der Waals surface area contributed by atoms with Crippen LogP contribution in [0.4, 0.5) is 9.93 Å². The predicted molar refractivity (Wildman–Crippen MR) is 116 cm³/mol. The number of aliphatic carboxylic acids is 1. The minimum atomic E-state index is -0.979. The van der Waals surface area contributed by atoms with Gasteiger partial charge in [0, 0.05) is 11.3 Å². The summed E-state index contributed by atoms with van der Waals surface area (Å²) in [5.74, 6) is -1.04. The van der Waals surface area contributed by atoms with Crippen LogP contribution in [0.15, 0.2) is 53.9 Å². The van der Waals surface area contributed by atoms with Gasteiger partial charge in [0.1, 0.15) is 6.61 Å². The second-order valence-electron chi connectivity index (χ2n) is 7.39. The number of ether oxygens (including phenoxy) is 1. The fourth-order valence-electron chi connectivity index (χ4n) is 3.91. The average Bonchev–Trinajstić information content (AvgIpc) is 3.27. The zero-order chi connectivity index (χ0) is 21.3. The van der Waals surface area contributed by atoms with Crippen LogP contribution in [0.2, 0.25) is 0 Å². The number of carbonyl (C=O) groups excluding carboxylic acids is 1. The molecule has 1 N–H and O–H groups in total. The fourth-order valence-corrected chi connectivity index (χ4v) is 4.80. The van der Waals surface area contributed by atoms with Crippen LogP contribution in [0.1, 0.15) is 36.1 Å². The first-order chi connectivity index (χ1) is 14.5. The Morgan fingerprint density at radius 3 is 2.27 bits per heavy atom. The number of amides is 1. The number of carbonyl (C=O) groups is 2. The summed E-state index contributed by atoms with van der Waals surface area (Å²) in [6.07, 6.45) is -0.775. The standard InChI is InChI=1S/C23H22N2O4S/c1-14-13-30-22(24-14)25(15(2)11-21(26)27)23(28)29-12-20-18-9-5-3-7-16(18)17-8-4-6-10-19(17)20/h3-10,13,15,20H,11-12H2,1-2H3,(H,26,27). The number of benzene rings is 2. The van der Waals surface area contributed by atoms with E-state index in [4.69, 9.17) is 4.74 Å². The first kappa shape index (κ1) is 20.1. The molecule has 0 bridgehead atoms. The Bertz CT molecular complexity index is 1050. The second kappa shape index (κ2) is 8.28. The monoisotopic (exact) mass is 422 g/mol. The summed E-state index contributed by atoms with van der Waals surface area (Å²) in [7, 11) is 0. The van der Waals surface area contributed by atoms with E-state index in [2.05, 4.69) is 29.2 Å². The number of hydrogen-bond acceptors (Lipinski definition) is 5. The van der Waals surface area contributed by atoms with Crippen LogP contribution in [0, 0.1) is 6.92 Å². The van der Waals surface area contributed by atoms with E-state index in [0.29, 0.717) is 5.13 Å². The van der Waals surface area contributed by atoms with Gasteiger partial charge in [-0.2, -0.15) is 0 Å². The molecule has 1 heterocycles. The summed E-state index contributed by atoms with van der Waals surface area (Å²) in [5.41, 5.74) is 5.33. The number of anilines is 1. The topological polar surface area (TPSA) is 79.7 Å². The molecule has 6 nitrogen and oxygen atoms in total. The molecule has 3 aromatic rings. The molecule has 0 fully saturated rings. The van der Waals surface area contributed by atoms with Crippen LogP contribution >= 0.6 is 11.3 Å². The van der Waals surface area contributed by atoms with Gasteiger partial charge in [-0.3, -0.25) is 4.79 Å². The molecule has 0 radical (unpaired) electrons. The van der Waals surface area contributed by atoms with Gasteiger partial charge in [-0.25, -0.2) is 14.7 Å². The van der Waals surface area contributed by atoms with Crippen LogP contribution in [-0.4, -0.2) is 34.8 Å². The summed E-state index contributed by atoms with van der Waals surface area (Å²) in [6.45, 7) is 3.69. The van der Waals surface area contributed by atoms with Crippen molar-refractivity contribution in [3.8, 4) is 11.1 Å². The van der Waals surface area contributed by atoms with Crippen LogP contribution in [0.25, 0.3) is 11.1 Å². The molecule has 2 aromatic carbocycles. The van der Waals surface area contributed by atoms with Gasteiger partial charge in [-0.05, 0) is 36.1 Å². The number of aryl methyl sites for hydroxylation is 1. The molecule has 1 aliphatic rings. The van der Waals surface area contributed by atoms with Crippen molar-refractivity contribution in [2.24, 2.45) is 0 Å². The van der Waals surface area contributed by atoms with E-state index in [0.717, 1.165) is 27.9 Å². The molecule has 0 saturated carbocycles. The number of nitrogens with zero attached hydrogens (tertiary/aromatic N) is 2. The first-order valence-corrected chi connectivity index (χ1v) is 10.6. The van der Waals surface area contributed by atoms with Gasteiger partial charge in [-0.15, -0.1) is 11.3 Å². The van der Waals surface area contributed by atoms with Crippen molar-refractivity contribution in [2.45, 2.75) is 32.2 Å². The summed E-state index contributed by atoms with van der Waals surface area (Å²) in [4.78, 5) is 30.0. The van der Waals surface area contributed by atoms with E-state index < -0.39 is 18.1 Å². The van der Waals surface area contributed by atoms with Crippen molar-refractivity contribution < 1.29 is 19.4 Å². The number of fused-ring (bicyclic) bond motifs is 3. The van der Waals surface area contributed by atoms with Gasteiger partial charge in [0.05, 0.1) is 18.2 Å². The Balaban J connectivity index is 1.57. The van der Waals surface area contributed by atoms with E-state index in [1.54, 1.807) is 6.92 Å². The Labute approximate surface area is 178 Å². The lowest BCUT2D eigenvalue weighted by molar-refractivity contribution is -0.137. The lowest BCUT2D eigenvalue weighted by Gasteiger charge is -2.26. The molecular weight excluding hydrogens is 400 g/mol. The Morgan fingerprint density at radius 2 is 1.73 bits per heavy atom. The molecule has 0 aliphatic heterocycles. The first-order valence-electron chi connectivity index (χ1n) is 9.74. The number of carboxylic acids is 1. The largest absolute Gasteiger partial charge is 0.481 e. The third kappa shape index (κ3) is 3.80. The molecule has 30 heavy (non-hydrogen) atoms. The summed E-state index contributed by atoms with van der Waals surface area (Å²) < 4.78 is 5.73. The van der Waals surface area contributed by atoms with Crippen molar-refractivity contribution in [3.05, 3.63) is 70.7 Å². The quantitative estimate of drug-likeness (QED) is 0.600. The normalized spacial score (nSPS) is 13.4. The number of rotatable bonds is 6. The minimum absolute atomic E-state index is 0.0592. The Kier molecular flexibility index (Phi) is 5.55. The van der Waals surface area contributed by atoms with Crippen molar-refractivity contribution in [1.82, 2.24) is 4.98 Å². The van der Waals surface area contributed by atoms with E-state index in [1.165, 1.54) is 16.2 Å². The molecular formula is C23H22N2O4S. The lowest BCUT2D eigenvalue weighted by atomic mass is 9.98. The number of aromatic nitrogens is 1. The maximum absolute atomic E-state index is 13.0. The molecule has 1 amide bonds. The second-order valence-corrected chi connectivity index (χ2v) is 8.23. The fraction of sp³-hybridized carbons (Fsp3) is 0.261. The molecule has 1 aromatic heterocycles. The highest BCUT2D eigenvalue weighted by Crippen LogP contribution is 2.44. The van der Waals surface area contributed by atoms with E-state index in [9.17, 15) is 14.7 Å². The zero-order valence-electron chi connectivity index (χ0n) is 16.7. The molecule has 4 rings (SSSR count). The minimum Gasteiger partial charge on any atom is -0.481 e. The number of carboxylic acid groups (broad SMARTS) is 1. The third-order valence-electron chi connectivity index (χ3n) is 5.26. The Hall–Kier alpha value is -3.19. The van der Waals surface area contributed by atoms with Crippen molar-refractivity contribution >= 4 is 28.5 Å². The van der Waals surface area contributed by atoms with E-state index >= 15 is 0 Å². The number of thiazole rings is 1. The van der Waals surface area contributed by atoms with Gasteiger partial charge in [0.15, 0.2) is 5.13 Å². The summed E-state index contributed by atoms with van der Waals surface area (Å²) >= 11 is 1.30. The maximum atomic E-state index is 13.0. The van der Waals surface area contributed by atoms with Crippen LogP contribution < -0.4 is 4.90 Å². The summed E-state index contributed by atoms with van der Waals surface area (Å²) in [6, 6.07) is 15.7. The van der Waals surface area contributed by atoms with E-state index in [1.807, 2.05) is 36.6 Å². The SMILES string of the molecule is Cc1csc(N(C(=O)OCC2c3ccccc3-c3ccccc32)C(C)CC(=O)O)n1. The highest BCUT2D eigenvalue weighted by Gasteiger charge is 2.32. The van der Waals surface area contributed by atoms with Crippen molar-refractivity contribution in [1.29, 1.82) is 0 Å². The maximum Gasteiger partial charge on any atom is 0.416 e. The van der Waals surface area contributed by atoms with Gasteiger partial charge in [0.2, 0.25) is 0 Å². The molecule has 0 spiro atoms. The van der Waals surface area contributed by atoms with Gasteiger partial charge < -0.3 is 9.84 Å². The summed E-state index contributed by atoms with van der Waals surface area (Å²) in [5, 5.41) is 11.5. The smallest absolute Gasteiger partial charge is 0.416 e. The molecule has 1 unspecified atom stereocenters. The van der Waals surface area contributed by atoms with Crippen molar-refractivity contribution in [2.75, 3.05) is 11.5 Å². The highest BCUT2D eigenvalue weighted by molar-refractivity contribution is 7.14. The zero-order valence-corrected chi connectivity index (χ0v) is 17.6. The molecule has 1 atom stereocenters. The highest BCUT2D eigenvalue weighted by atomic mass is 32.1. The van der Waals surface area contributed by atoms with Gasteiger partial charge in [-0.1, -0.05) is 48.5 Å². The average molecular weight is 423 g/mol. The lowest BCUT2D eigenvalue weighted by Crippen LogP contribution is -2.41. The third-order valence-corrected chi connectivity index (χ3v) is 6.21. The molecule has 154 valence electrons. The van der Waals surface area contributed by atoms with Crippen LogP contribution in [0.3, 0.4) is 0 Å². The molecule has 0 saturated heterocycles. The Morgan fingerprint density at radius 1 is 1.13 bits per heavy atom. The van der Waals surface area contributed by atoms with Crippen LogP contribution in [0.5, 0.6) is 0 Å². The molecule has 7 heteroatoms. The number of hydrogen-bond donors (Lipinski definition) is 1. The van der Waals surface area contributed by atoms with E-state index in [-0.39, 0.29) is 18.9 Å². The predicted octanol–water partition coefficient (Wildman–Crippen LogP) is 5.07. The molecule has 1 aliphatic carbocycles. The van der Waals surface area contributed by atoms with Crippen LogP contribution in [-0.2, 0) is 9.53 Å². The van der Waals surface area contributed by atoms with Crippen molar-refractivity contribution in [3.63, 3.8) is 0 Å². The van der Waals surface area contributed by atoms with Gasteiger partial charge >= 0.3 is 12.1 Å².